The largest absolute Gasteiger partial charge is 0.355 e. The molecule has 2 N–H and O–H groups in total. The average molecular weight is 386 g/mol. The highest BCUT2D eigenvalue weighted by Gasteiger charge is 2.22. The lowest BCUT2D eigenvalue weighted by Gasteiger charge is -2.35. The maximum absolute atomic E-state index is 11.9. The van der Waals surface area contributed by atoms with Gasteiger partial charge in [-0.05, 0) is 62.9 Å². The molecule has 0 bridgehead atoms. The quantitative estimate of drug-likeness (QED) is 0.584. The van der Waals surface area contributed by atoms with Gasteiger partial charge in [0.15, 0.2) is 5.96 Å². The molecule has 1 unspecified atom stereocenters. The first-order valence-electron chi connectivity index (χ1n) is 10.6. The van der Waals surface area contributed by atoms with Crippen molar-refractivity contribution in [2.75, 3.05) is 38.1 Å². The summed E-state index contributed by atoms with van der Waals surface area (Å²) >= 11 is 0. The minimum Gasteiger partial charge on any atom is -0.355 e. The Kier molecular flexibility index (Phi) is 7.31. The third kappa shape index (κ3) is 5.47. The second kappa shape index (κ2) is 9.92. The Morgan fingerprint density at radius 2 is 1.89 bits per heavy atom. The smallest absolute Gasteiger partial charge is 0.227 e. The molecule has 28 heavy (non-hydrogen) atoms. The van der Waals surface area contributed by atoms with E-state index in [1.54, 1.807) is 0 Å². The van der Waals surface area contributed by atoms with Gasteiger partial charge in [-0.25, -0.2) is 0 Å². The lowest BCUT2D eigenvalue weighted by molar-refractivity contribution is -0.117. The minimum absolute atomic E-state index is 0.229. The zero-order valence-corrected chi connectivity index (χ0v) is 17.6. The van der Waals surface area contributed by atoms with Crippen molar-refractivity contribution in [2.24, 2.45) is 10.9 Å². The molecule has 3 rings (SSSR count). The first-order chi connectivity index (χ1) is 13.6. The number of nitrogens with zero attached hydrogens (tertiary/aromatic N) is 3. The summed E-state index contributed by atoms with van der Waals surface area (Å²) in [6.45, 7) is 9.47. The van der Waals surface area contributed by atoms with Crippen LogP contribution in [0.2, 0.25) is 0 Å². The Morgan fingerprint density at radius 1 is 1.18 bits per heavy atom. The van der Waals surface area contributed by atoms with Gasteiger partial charge in [0, 0.05) is 44.8 Å². The average Bonchev–Trinajstić information content (AvgIpc) is 3.15. The van der Waals surface area contributed by atoms with Crippen molar-refractivity contribution in [1.82, 2.24) is 15.5 Å². The van der Waals surface area contributed by atoms with Crippen LogP contribution in [0.5, 0.6) is 0 Å². The fraction of sp³-hybridized carbons (Fsp3) is 0.636. The second-order valence-corrected chi connectivity index (χ2v) is 8.19. The Hall–Kier alpha value is -2.08. The van der Waals surface area contributed by atoms with Crippen LogP contribution in [0, 0.1) is 5.92 Å². The molecule has 2 heterocycles. The van der Waals surface area contributed by atoms with E-state index < -0.39 is 0 Å². The van der Waals surface area contributed by atoms with Gasteiger partial charge in [-0.15, -0.1) is 0 Å². The van der Waals surface area contributed by atoms with Gasteiger partial charge in [-0.3, -0.25) is 14.7 Å². The molecule has 6 heteroatoms. The predicted molar refractivity (Wildman–Crippen MR) is 116 cm³/mol. The molecule has 1 atom stereocenters. The molecule has 2 saturated heterocycles. The molecule has 1 aromatic carbocycles. The summed E-state index contributed by atoms with van der Waals surface area (Å²) in [5, 5.41) is 6.84. The number of hydrogen-bond acceptors (Lipinski definition) is 3. The van der Waals surface area contributed by atoms with Gasteiger partial charge in [0.25, 0.3) is 0 Å². The fourth-order valence-corrected chi connectivity index (χ4v) is 3.96. The van der Waals surface area contributed by atoms with E-state index in [0.29, 0.717) is 19.0 Å². The highest BCUT2D eigenvalue weighted by atomic mass is 16.2. The first-order valence-corrected chi connectivity index (χ1v) is 10.6. The summed E-state index contributed by atoms with van der Waals surface area (Å²) in [4.78, 5) is 20.6. The summed E-state index contributed by atoms with van der Waals surface area (Å²) in [5.41, 5.74) is 2.18. The monoisotopic (exact) mass is 385 g/mol. The molecule has 6 nitrogen and oxygen atoms in total. The molecule has 2 aliphatic heterocycles. The van der Waals surface area contributed by atoms with Crippen molar-refractivity contribution in [3.63, 3.8) is 0 Å². The molecule has 0 spiro atoms. The molecule has 0 aromatic heterocycles. The van der Waals surface area contributed by atoms with Crippen LogP contribution < -0.4 is 15.5 Å². The van der Waals surface area contributed by atoms with Crippen LogP contribution in [0.1, 0.15) is 45.1 Å². The van der Waals surface area contributed by atoms with Gasteiger partial charge in [-0.2, -0.15) is 0 Å². The topological polar surface area (TPSA) is 60.0 Å². The number of likely N-dealkylation sites (tertiary alicyclic amines) is 1. The van der Waals surface area contributed by atoms with E-state index >= 15 is 0 Å². The van der Waals surface area contributed by atoms with E-state index in [0.717, 1.165) is 37.1 Å². The van der Waals surface area contributed by atoms with Crippen LogP contribution in [0.15, 0.2) is 29.3 Å². The van der Waals surface area contributed by atoms with Crippen molar-refractivity contribution in [2.45, 2.75) is 52.1 Å². The molecule has 1 amide bonds. The van der Waals surface area contributed by atoms with Crippen molar-refractivity contribution >= 4 is 17.6 Å². The van der Waals surface area contributed by atoms with Crippen LogP contribution in [0.25, 0.3) is 0 Å². The third-order valence-electron chi connectivity index (χ3n) is 6.01. The number of aliphatic imine (C=N–C) groups is 1. The van der Waals surface area contributed by atoms with E-state index in [1.807, 2.05) is 24.1 Å². The van der Waals surface area contributed by atoms with Crippen LogP contribution in [0.3, 0.4) is 0 Å². The number of piperidine rings is 1. The molecule has 0 radical (unpaired) electrons. The molecule has 2 fully saturated rings. The number of hydrogen-bond donors (Lipinski definition) is 2. The van der Waals surface area contributed by atoms with E-state index in [2.05, 4.69) is 46.5 Å². The summed E-state index contributed by atoms with van der Waals surface area (Å²) in [6.07, 6.45) is 4.23. The normalized spacial score (nSPS) is 20.5. The number of guanidine groups is 1. The minimum atomic E-state index is 0.229. The number of rotatable bonds is 6. The van der Waals surface area contributed by atoms with Crippen LogP contribution in [-0.4, -0.2) is 56.0 Å². The SMILES string of the molecule is CN=C(NCc1ccc(N2CCCC2=O)cc1)NCC(C)N1CCC(C)CC1. The van der Waals surface area contributed by atoms with Crippen molar-refractivity contribution in [3.05, 3.63) is 29.8 Å². The number of carbonyl (C=O) groups excluding carboxylic acids is 1. The molecule has 2 aliphatic rings. The number of amides is 1. The summed E-state index contributed by atoms with van der Waals surface area (Å²) in [6, 6.07) is 8.74. The van der Waals surface area contributed by atoms with E-state index in [-0.39, 0.29) is 5.91 Å². The first kappa shape index (κ1) is 20.6. The molecule has 154 valence electrons. The van der Waals surface area contributed by atoms with E-state index in [4.69, 9.17) is 0 Å². The fourth-order valence-electron chi connectivity index (χ4n) is 3.96. The maximum Gasteiger partial charge on any atom is 0.227 e. The Bertz CT molecular complexity index is 664. The predicted octanol–water partition coefficient (Wildman–Crippen LogP) is 2.60. The molecule has 1 aromatic rings. The van der Waals surface area contributed by atoms with Gasteiger partial charge in [0.1, 0.15) is 0 Å². The van der Waals surface area contributed by atoms with Gasteiger partial charge in [0.2, 0.25) is 5.91 Å². The van der Waals surface area contributed by atoms with Crippen molar-refractivity contribution in [1.29, 1.82) is 0 Å². The van der Waals surface area contributed by atoms with Crippen LogP contribution in [0.4, 0.5) is 5.69 Å². The lowest BCUT2D eigenvalue weighted by atomic mass is 9.98. The van der Waals surface area contributed by atoms with Gasteiger partial charge < -0.3 is 15.5 Å². The number of nitrogens with one attached hydrogen (secondary N) is 2. The van der Waals surface area contributed by atoms with E-state index in [1.165, 1.54) is 31.5 Å². The van der Waals surface area contributed by atoms with Crippen LogP contribution in [-0.2, 0) is 11.3 Å². The van der Waals surface area contributed by atoms with Gasteiger partial charge in [0.05, 0.1) is 0 Å². The Labute approximate surface area is 169 Å². The van der Waals surface area contributed by atoms with Gasteiger partial charge >= 0.3 is 0 Å². The number of benzene rings is 1. The van der Waals surface area contributed by atoms with E-state index in [9.17, 15) is 4.79 Å². The van der Waals surface area contributed by atoms with Crippen molar-refractivity contribution < 1.29 is 4.79 Å². The maximum atomic E-state index is 11.9. The standard InChI is InChI=1S/C22H35N5O/c1-17-10-13-26(14-11-17)18(2)15-24-22(23-3)25-16-19-6-8-20(9-7-19)27-12-4-5-21(27)28/h6-9,17-18H,4-5,10-16H2,1-3H3,(H2,23,24,25). The van der Waals surface area contributed by atoms with Gasteiger partial charge in [-0.1, -0.05) is 19.1 Å². The molecular weight excluding hydrogens is 350 g/mol. The summed E-state index contributed by atoms with van der Waals surface area (Å²) in [7, 11) is 1.81. The highest BCUT2D eigenvalue weighted by Crippen LogP contribution is 2.21. The summed E-state index contributed by atoms with van der Waals surface area (Å²) in [5.74, 6) is 1.92. The summed E-state index contributed by atoms with van der Waals surface area (Å²) < 4.78 is 0. The Balaban J connectivity index is 1.43. The zero-order chi connectivity index (χ0) is 19.9. The zero-order valence-electron chi connectivity index (χ0n) is 17.6. The molecule has 0 saturated carbocycles. The van der Waals surface area contributed by atoms with Crippen molar-refractivity contribution in [3.8, 4) is 0 Å². The Morgan fingerprint density at radius 3 is 2.50 bits per heavy atom. The van der Waals surface area contributed by atoms with Crippen LogP contribution >= 0.6 is 0 Å². The molecular formula is C22H35N5O. The highest BCUT2D eigenvalue weighted by molar-refractivity contribution is 5.95. The number of anilines is 1. The second-order valence-electron chi connectivity index (χ2n) is 8.19. The number of carbonyl (C=O) groups is 1. The lowest BCUT2D eigenvalue weighted by Crippen LogP contribution is -2.47. The third-order valence-corrected chi connectivity index (χ3v) is 6.01. The molecule has 0 aliphatic carbocycles.